The van der Waals surface area contributed by atoms with Crippen LogP contribution < -0.4 is 0 Å². The molecule has 0 aromatic heterocycles. The van der Waals surface area contributed by atoms with Crippen LogP contribution in [0.1, 0.15) is 0 Å². The van der Waals surface area contributed by atoms with Crippen LogP contribution in [-0.4, -0.2) is 0 Å². The van der Waals surface area contributed by atoms with Gasteiger partial charge in [0.25, 0.3) is 0 Å². The quantitative estimate of drug-likeness (QED) is 0.301. The molecule has 0 N–H and O–H groups in total. The fourth-order valence-corrected chi connectivity index (χ4v) is 0. The molecule has 0 bridgehead atoms. The molecule has 4 heavy (non-hydrogen) atoms. The summed E-state index contributed by atoms with van der Waals surface area (Å²) in [7, 11) is 0. The van der Waals surface area contributed by atoms with E-state index in [0.29, 0.717) is 34.1 Å². The molecule has 0 atom stereocenters. The summed E-state index contributed by atoms with van der Waals surface area (Å²) in [6.07, 6.45) is 0. The van der Waals surface area contributed by atoms with Crippen molar-refractivity contribution in [3.8, 4) is 0 Å². The number of hydrogen-bond donors (Lipinski definition) is 0. The molecule has 0 spiro atoms. The van der Waals surface area contributed by atoms with Crippen molar-refractivity contribution >= 4 is 0 Å². The van der Waals surface area contributed by atoms with Crippen molar-refractivity contribution in [2.45, 2.75) is 0 Å². The zero-order valence-electron chi connectivity index (χ0n) is 1.92. The fourth-order valence-electron chi connectivity index (χ4n) is 0. The molecule has 0 aromatic carbocycles. The van der Waals surface area contributed by atoms with Crippen molar-refractivity contribution < 1.29 is 34.1 Å². The van der Waals surface area contributed by atoms with Gasteiger partial charge in [0.15, 0.2) is 0 Å². The maximum atomic E-state index is 7.38. The molecule has 0 heterocycles. The predicted octanol–water partition coefficient (Wildman–Crippen LogP) is 0.761. The number of nitrogens with zero attached hydrogens (tertiary/aromatic N) is 3. The second-order valence-electron chi connectivity index (χ2n) is 0.205. The Labute approximate surface area is 46.2 Å². The predicted molar refractivity (Wildman–Crippen MR) is 9.15 cm³/mol. The van der Waals surface area contributed by atoms with Crippen LogP contribution in [0, 0.1) is 34.1 Å². The summed E-state index contributed by atoms with van der Waals surface area (Å²) in [5, 5.41) is 0. The Morgan fingerprint density at radius 2 is 2.25 bits per heavy atom. The Morgan fingerprint density at radius 3 is 2.25 bits per heavy atom. The molecule has 4 heteroatoms. The summed E-state index contributed by atoms with van der Waals surface area (Å²) in [5.74, 6) is 0. The standard InChI is InChI=1S/La.N3/c;1-3-2/q+1;-1. The van der Waals surface area contributed by atoms with Gasteiger partial charge >= 0.3 is 46.4 Å². The average Bonchev–Trinajstić information content (AvgIpc) is 1.37. The van der Waals surface area contributed by atoms with E-state index in [4.69, 9.17) is 5.53 Å². The van der Waals surface area contributed by atoms with E-state index in [1.54, 1.807) is 0 Å². The molecule has 0 aliphatic heterocycles. The van der Waals surface area contributed by atoms with Gasteiger partial charge in [-0.05, 0) is 0 Å². The van der Waals surface area contributed by atoms with Crippen molar-refractivity contribution in [1.82, 2.24) is 0 Å². The second kappa shape index (κ2) is 3.50. The van der Waals surface area contributed by atoms with E-state index in [9.17, 15) is 0 Å². The first-order valence-corrected chi connectivity index (χ1v) is 2.28. The molecular weight excluding hydrogens is 181 g/mol. The first-order valence-electron chi connectivity index (χ1n) is 0.658. The Morgan fingerprint density at radius 1 is 2.00 bits per heavy atom. The Balaban J connectivity index is 3.11. The molecule has 0 radical (unpaired) electrons. The van der Waals surface area contributed by atoms with E-state index < -0.39 is 0 Å². The Hall–Kier alpha value is 0.505. The summed E-state index contributed by atoms with van der Waals surface area (Å²) in [6, 6.07) is 0. The van der Waals surface area contributed by atoms with Gasteiger partial charge < -0.3 is 0 Å². The van der Waals surface area contributed by atoms with Crippen molar-refractivity contribution in [3.05, 3.63) is 10.4 Å². The van der Waals surface area contributed by atoms with E-state index in [0.717, 1.165) is 0 Å². The van der Waals surface area contributed by atoms with Crippen LogP contribution in [0.3, 0.4) is 0 Å². The van der Waals surface area contributed by atoms with Gasteiger partial charge in [0, 0.05) is 0 Å². The number of hydrogen-bond acceptors (Lipinski definition) is 1. The molecule has 0 amide bonds. The van der Waals surface area contributed by atoms with Crippen LogP contribution in [0.25, 0.3) is 10.4 Å². The van der Waals surface area contributed by atoms with Crippen LogP contribution in [0.15, 0.2) is 1.88 Å². The van der Waals surface area contributed by atoms with Crippen LogP contribution >= 0.6 is 0 Å². The fraction of sp³-hybridized carbons (Fsp3) is 0. The summed E-state index contributed by atoms with van der Waals surface area (Å²) in [4.78, 5) is 2.44. The van der Waals surface area contributed by atoms with Crippen LogP contribution in [0.5, 0.6) is 0 Å². The molecule has 0 unspecified atom stereocenters. The minimum absolute atomic E-state index is 0.440. The first kappa shape index (κ1) is 4.50. The van der Waals surface area contributed by atoms with Gasteiger partial charge in [-0.2, -0.15) is 0 Å². The van der Waals surface area contributed by atoms with Crippen LogP contribution in [0.2, 0.25) is 0 Å². The number of azide groups is 1. The molecule has 0 saturated carbocycles. The van der Waals surface area contributed by atoms with E-state index >= 15 is 0 Å². The number of rotatable bonds is 0. The first-order chi connectivity index (χ1) is 1.91. The van der Waals surface area contributed by atoms with Gasteiger partial charge in [-0.15, -0.1) is 0 Å². The molecule has 0 fully saturated rings. The molecule has 0 saturated heterocycles. The molecule has 0 rings (SSSR count). The van der Waals surface area contributed by atoms with E-state index in [1.807, 2.05) is 0 Å². The monoisotopic (exact) mass is 181 g/mol. The topological polar surface area (TPSA) is 48.8 Å². The summed E-state index contributed by atoms with van der Waals surface area (Å²) in [5.41, 5.74) is 7.38. The third kappa shape index (κ3) is 2.50. The molecule has 18 valence electrons. The van der Waals surface area contributed by atoms with Crippen molar-refractivity contribution in [1.29, 1.82) is 0 Å². The molecular formula is LaN3. The van der Waals surface area contributed by atoms with Gasteiger partial charge in [0.05, 0.1) is 0 Å². The second-order valence-corrected chi connectivity index (χ2v) is 0.930. The summed E-state index contributed by atoms with van der Waals surface area (Å²) in [6.45, 7) is 0. The third-order valence-corrected chi connectivity index (χ3v) is 0.376. The molecule has 0 aliphatic rings. The van der Waals surface area contributed by atoms with E-state index in [2.05, 4.69) is 6.79 Å². The molecule has 0 aliphatic carbocycles. The van der Waals surface area contributed by atoms with Crippen LogP contribution in [-0.2, 0) is 0 Å². The third-order valence-electron chi connectivity index (χ3n) is 0.0516. The molecule has 0 aromatic rings. The van der Waals surface area contributed by atoms with Gasteiger partial charge in [0.2, 0.25) is 0 Å². The zero-order valence-corrected chi connectivity index (χ0v) is 5.54. The van der Waals surface area contributed by atoms with Gasteiger partial charge in [0.1, 0.15) is 0 Å². The van der Waals surface area contributed by atoms with E-state index in [-0.39, 0.29) is 0 Å². The Kier molecular flexibility index (Phi) is 3.95. The summed E-state index contributed by atoms with van der Waals surface area (Å²) < 4.78 is 3.08. The normalized spacial score (nSPS) is 3.75. The Bertz CT molecular complexity index is 41.2. The zero-order chi connectivity index (χ0) is 3.41. The van der Waals surface area contributed by atoms with Gasteiger partial charge in [-0.25, -0.2) is 0 Å². The SMILES string of the molecule is [N-]=[N+]=[N][La]. The van der Waals surface area contributed by atoms with Crippen LogP contribution in [0.4, 0.5) is 0 Å². The van der Waals surface area contributed by atoms with Crippen molar-refractivity contribution in [2.75, 3.05) is 0 Å². The van der Waals surface area contributed by atoms with Crippen molar-refractivity contribution in [2.24, 2.45) is 1.88 Å². The maximum absolute atomic E-state index is 7.38. The minimum atomic E-state index is 0.440. The van der Waals surface area contributed by atoms with Gasteiger partial charge in [-0.3, -0.25) is 0 Å². The summed E-state index contributed by atoms with van der Waals surface area (Å²) >= 11 is 0.440. The van der Waals surface area contributed by atoms with Gasteiger partial charge in [-0.1, -0.05) is 0 Å². The average molecular weight is 181 g/mol. The van der Waals surface area contributed by atoms with Crippen molar-refractivity contribution in [3.63, 3.8) is 0 Å². The molecule has 3 nitrogen and oxygen atoms in total. The van der Waals surface area contributed by atoms with E-state index in [1.165, 1.54) is 0 Å².